The van der Waals surface area contributed by atoms with Crippen molar-refractivity contribution in [3.05, 3.63) is 36.5 Å². The number of aromatic nitrogens is 1. The summed E-state index contributed by atoms with van der Waals surface area (Å²) >= 11 is 0. The van der Waals surface area contributed by atoms with E-state index in [4.69, 9.17) is 0 Å². The van der Waals surface area contributed by atoms with Crippen molar-refractivity contribution in [1.82, 2.24) is 9.88 Å². The quantitative estimate of drug-likeness (QED) is 0.928. The van der Waals surface area contributed by atoms with Gasteiger partial charge in [-0.15, -0.1) is 0 Å². The molecule has 3 rings (SSSR count). The lowest BCUT2D eigenvalue weighted by Crippen LogP contribution is -2.25. The highest BCUT2D eigenvalue weighted by atomic mass is 16.1. The summed E-state index contributed by atoms with van der Waals surface area (Å²) in [6, 6.07) is 9.76. The molecule has 1 amide bonds. The van der Waals surface area contributed by atoms with Gasteiger partial charge in [0.15, 0.2) is 0 Å². The summed E-state index contributed by atoms with van der Waals surface area (Å²) in [6.07, 6.45) is 4.81. The highest BCUT2D eigenvalue weighted by Crippen LogP contribution is 2.20. The molecule has 1 N–H and O–H groups in total. The normalized spacial score (nSPS) is 15.6. The topological polar surface area (TPSA) is 45.2 Å². The fraction of sp³-hybridized carbons (Fsp3) is 0.375. The van der Waals surface area contributed by atoms with Gasteiger partial charge in [-0.25, -0.2) is 0 Å². The standard InChI is InChI=1S/C16H19N3O/c20-15(8-12-19-10-1-2-11-19)18-14-7-3-5-13-6-4-9-17-16(13)14/h3-7,9H,1-2,8,10-12H2,(H,18,20). The van der Waals surface area contributed by atoms with E-state index in [9.17, 15) is 4.79 Å². The molecule has 1 aliphatic heterocycles. The summed E-state index contributed by atoms with van der Waals surface area (Å²) in [5.41, 5.74) is 1.65. The molecule has 1 fully saturated rings. The monoisotopic (exact) mass is 269 g/mol. The van der Waals surface area contributed by atoms with Gasteiger partial charge < -0.3 is 10.2 Å². The van der Waals surface area contributed by atoms with E-state index in [2.05, 4.69) is 15.2 Å². The number of rotatable bonds is 4. The van der Waals surface area contributed by atoms with Crippen LogP contribution in [0.2, 0.25) is 0 Å². The van der Waals surface area contributed by atoms with Crippen molar-refractivity contribution in [2.75, 3.05) is 25.0 Å². The largest absolute Gasteiger partial charge is 0.324 e. The zero-order valence-corrected chi connectivity index (χ0v) is 11.5. The van der Waals surface area contributed by atoms with Crippen LogP contribution in [0.1, 0.15) is 19.3 Å². The van der Waals surface area contributed by atoms with Crippen LogP contribution in [0, 0.1) is 0 Å². The molecule has 4 nitrogen and oxygen atoms in total. The molecule has 4 heteroatoms. The number of hydrogen-bond acceptors (Lipinski definition) is 3. The molecule has 0 radical (unpaired) electrons. The average molecular weight is 269 g/mol. The first-order valence-electron chi connectivity index (χ1n) is 7.19. The number of nitrogens with one attached hydrogen (secondary N) is 1. The predicted octanol–water partition coefficient (Wildman–Crippen LogP) is 2.66. The van der Waals surface area contributed by atoms with Crippen molar-refractivity contribution in [2.45, 2.75) is 19.3 Å². The van der Waals surface area contributed by atoms with E-state index in [-0.39, 0.29) is 5.91 Å². The van der Waals surface area contributed by atoms with E-state index in [0.29, 0.717) is 6.42 Å². The van der Waals surface area contributed by atoms with Gasteiger partial charge >= 0.3 is 0 Å². The van der Waals surface area contributed by atoms with Gasteiger partial charge in [-0.1, -0.05) is 18.2 Å². The van der Waals surface area contributed by atoms with Crippen molar-refractivity contribution in [3.8, 4) is 0 Å². The highest BCUT2D eigenvalue weighted by Gasteiger charge is 2.13. The van der Waals surface area contributed by atoms with Crippen molar-refractivity contribution in [2.24, 2.45) is 0 Å². The minimum atomic E-state index is 0.0649. The smallest absolute Gasteiger partial charge is 0.225 e. The summed E-state index contributed by atoms with van der Waals surface area (Å²) in [5, 5.41) is 4.03. The number of hydrogen-bond donors (Lipinski definition) is 1. The van der Waals surface area contributed by atoms with Gasteiger partial charge in [-0.2, -0.15) is 0 Å². The fourth-order valence-electron chi connectivity index (χ4n) is 2.68. The number of carbonyl (C=O) groups is 1. The SMILES string of the molecule is O=C(CCN1CCCC1)Nc1cccc2cccnc12. The van der Waals surface area contributed by atoms with Gasteiger partial charge in [0.05, 0.1) is 11.2 Å². The van der Waals surface area contributed by atoms with E-state index < -0.39 is 0 Å². The summed E-state index contributed by atoms with van der Waals surface area (Å²) < 4.78 is 0. The van der Waals surface area contributed by atoms with Crippen LogP contribution in [-0.4, -0.2) is 35.4 Å². The van der Waals surface area contributed by atoms with E-state index in [0.717, 1.165) is 36.2 Å². The lowest BCUT2D eigenvalue weighted by atomic mass is 10.2. The Balaban J connectivity index is 1.65. The molecule has 0 spiro atoms. The predicted molar refractivity (Wildman–Crippen MR) is 80.7 cm³/mol. The summed E-state index contributed by atoms with van der Waals surface area (Å²) in [5.74, 6) is 0.0649. The number of nitrogens with zero attached hydrogens (tertiary/aromatic N) is 2. The molecule has 0 aliphatic carbocycles. The lowest BCUT2D eigenvalue weighted by molar-refractivity contribution is -0.116. The Hall–Kier alpha value is -1.94. The third-order valence-electron chi connectivity index (χ3n) is 3.76. The maximum atomic E-state index is 12.0. The van der Waals surface area contributed by atoms with E-state index >= 15 is 0 Å². The molecule has 2 heterocycles. The molecule has 0 bridgehead atoms. The maximum absolute atomic E-state index is 12.0. The number of amides is 1. The first kappa shape index (κ1) is 13.1. The molecule has 1 aromatic heterocycles. The Bertz CT molecular complexity index is 600. The van der Waals surface area contributed by atoms with Crippen LogP contribution in [0.25, 0.3) is 10.9 Å². The lowest BCUT2D eigenvalue weighted by Gasteiger charge is -2.14. The summed E-state index contributed by atoms with van der Waals surface area (Å²) in [4.78, 5) is 18.7. The molecule has 2 aromatic rings. The highest BCUT2D eigenvalue weighted by molar-refractivity contribution is 6.00. The van der Waals surface area contributed by atoms with Crippen LogP contribution in [-0.2, 0) is 4.79 Å². The molecule has 104 valence electrons. The minimum absolute atomic E-state index is 0.0649. The number of carbonyl (C=O) groups excluding carboxylic acids is 1. The van der Waals surface area contributed by atoms with E-state index in [1.54, 1.807) is 6.20 Å². The molecule has 0 saturated carbocycles. The van der Waals surface area contributed by atoms with Crippen molar-refractivity contribution in [1.29, 1.82) is 0 Å². The van der Waals surface area contributed by atoms with Crippen LogP contribution >= 0.6 is 0 Å². The second-order valence-electron chi connectivity index (χ2n) is 5.23. The number of likely N-dealkylation sites (tertiary alicyclic amines) is 1. The van der Waals surface area contributed by atoms with Crippen LogP contribution < -0.4 is 5.32 Å². The van der Waals surface area contributed by atoms with E-state index in [1.165, 1.54) is 12.8 Å². The molecule has 20 heavy (non-hydrogen) atoms. The van der Waals surface area contributed by atoms with Gasteiger partial charge in [0, 0.05) is 24.5 Å². The number of anilines is 1. The second-order valence-corrected chi connectivity index (χ2v) is 5.23. The Morgan fingerprint density at radius 3 is 2.85 bits per heavy atom. The Kier molecular flexibility index (Phi) is 3.92. The van der Waals surface area contributed by atoms with E-state index in [1.807, 2.05) is 30.3 Å². The second kappa shape index (κ2) is 6.01. The molecule has 0 unspecified atom stereocenters. The van der Waals surface area contributed by atoms with Crippen molar-refractivity contribution >= 4 is 22.5 Å². The number of benzene rings is 1. The third kappa shape index (κ3) is 2.96. The molecular weight excluding hydrogens is 250 g/mol. The number of pyridine rings is 1. The number of para-hydroxylation sites is 1. The van der Waals surface area contributed by atoms with Crippen LogP contribution in [0.3, 0.4) is 0 Å². The van der Waals surface area contributed by atoms with Crippen molar-refractivity contribution < 1.29 is 4.79 Å². The Morgan fingerprint density at radius 1 is 1.20 bits per heavy atom. The van der Waals surface area contributed by atoms with Crippen LogP contribution in [0.5, 0.6) is 0 Å². The Labute approximate surface area is 118 Å². The third-order valence-corrected chi connectivity index (χ3v) is 3.76. The summed E-state index contributed by atoms with van der Waals surface area (Å²) in [7, 11) is 0. The zero-order chi connectivity index (χ0) is 13.8. The van der Waals surface area contributed by atoms with Gasteiger partial charge in [-0.05, 0) is 38.1 Å². The molecule has 1 saturated heterocycles. The first-order valence-corrected chi connectivity index (χ1v) is 7.19. The van der Waals surface area contributed by atoms with Crippen LogP contribution in [0.4, 0.5) is 5.69 Å². The summed E-state index contributed by atoms with van der Waals surface area (Å²) in [6.45, 7) is 3.11. The number of fused-ring (bicyclic) bond motifs is 1. The molecule has 0 atom stereocenters. The first-order chi connectivity index (χ1) is 9.83. The van der Waals surface area contributed by atoms with Gasteiger partial charge in [0.1, 0.15) is 0 Å². The average Bonchev–Trinajstić information content (AvgIpc) is 2.99. The van der Waals surface area contributed by atoms with Gasteiger partial charge in [0.2, 0.25) is 5.91 Å². The molecular formula is C16H19N3O. The zero-order valence-electron chi connectivity index (χ0n) is 11.5. The maximum Gasteiger partial charge on any atom is 0.225 e. The van der Waals surface area contributed by atoms with Crippen LogP contribution in [0.15, 0.2) is 36.5 Å². The minimum Gasteiger partial charge on any atom is -0.324 e. The van der Waals surface area contributed by atoms with Gasteiger partial charge in [0.25, 0.3) is 0 Å². The fourth-order valence-corrected chi connectivity index (χ4v) is 2.68. The van der Waals surface area contributed by atoms with Crippen molar-refractivity contribution in [3.63, 3.8) is 0 Å². The molecule has 1 aromatic carbocycles. The molecule has 1 aliphatic rings. The Morgan fingerprint density at radius 2 is 2.00 bits per heavy atom. The van der Waals surface area contributed by atoms with Gasteiger partial charge in [-0.3, -0.25) is 9.78 Å².